The van der Waals surface area contributed by atoms with Gasteiger partial charge in [0, 0.05) is 29.1 Å². The molecule has 1 saturated heterocycles. The van der Waals surface area contributed by atoms with Crippen LogP contribution in [0.25, 0.3) is 27.8 Å². The number of fused-ring (bicyclic) bond motifs is 2. The highest BCUT2D eigenvalue weighted by atomic mass is 19.1. The minimum atomic E-state index is -0.382. The first-order valence-corrected chi connectivity index (χ1v) is 11.8. The summed E-state index contributed by atoms with van der Waals surface area (Å²) in [4.78, 5) is 21.6. The highest BCUT2D eigenvalue weighted by Crippen LogP contribution is 2.38. The number of rotatable bonds is 6. The normalized spacial score (nSPS) is 15.8. The number of nitrogens with one attached hydrogen (secondary N) is 1. The van der Waals surface area contributed by atoms with Gasteiger partial charge in [-0.1, -0.05) is 26.8 Å². The van der Waals surface area contributed by atoms with Crippen LogP contribution in [0.1, 0.15) is 63.0 Å². The Kier molecular flexibility index (Phi) is 5.74. The molecular weight excluding hydrogens is 417 g/mol. The molecule has 6 nitrogen and oxygen atoms in total. The number of carbonyl (C=O) groups excluding carboxylic acids is 1. The first-order valence-electron chi connectivity index (χ1n) is 11.8. The summed E-state index contributed by atoms with van der Waals surface area (Å²) >= 11 is 0. The average Bonchev–Trinajstić information content (AvgIpc) is 3.44. The summed E-state index contributed by atoms with van der Waals surface area (Å²) in [6.45, 7) is 8.77. The number of carbonyl (C=O) groups is 1. The van der Waals surface area contributed by atoms with Gasteiger partial charge in [-0.2, -0.15) is 5.10 Å². The molecule has 1 aliphatic rings. The summed E-state index contributed by atoms with van der Waals surface area (Å²) in [7, 11) is 0. The SMILES string of the molecule is CCC(=O)CN1CCC(c2ccc3[nH]c(-c4cc(F)c5ncnn5c4)c(C(C)C)c3c2)CC1. The molecule has 1 N–H and O–H groups in total. The van der Waals surface area contributed by atoms with Crippen molar-refractivity contribution in [1.82, 2.24) is 24.5 Å². The second-order valence-electron chi connectivity index (χ2n) is 9.42. The van der Waals surface area contributed by atoms with Crippen molar-refractivity contribution in [1.29, 1.82) is 0 Å². The summed E-state index contributed by atoms with van der Waals surface area (Å²) in [5, 5.41) is 5.32. The van der Waals surface area contributed by atoms with Gasteiger partial charge in [0.05, 0.1) is 12.2 Å². The third-order valence-electron chi connectivity index (χ3n) is 6.91. The number of piperidine rings is 1. The van der Waals surface area contributed by atoms with Gasteiger partial charge in [0.25, 0.3) is 0 Å². The van der Waals surface area contributed by atoms with Crippen LogP contribution in [0.3, 0.4) is 0 Å². The fraction of sp³-hybridized carbons (Fsp3) is 0.423. The predicted octanol–water partition coefficient (Wildman–Crippen LogP) is 5.30. The largest absolute Gasteiger partial charge is 0.354 e. The molecule has 0 amide bonds. The molecule has 0 unspecified atom stereocenters. The van der Waals surface area contributed by atoms with Crippen molar-refractivity contribution in [2.75, 3.05) is 19.6 Å². The van der Waals surface area contributed by atoms with Crippen molar-refractivity contribution < 1.29 is 9.18 Å². The molecule has 1 aromatic carbocycles. The molecule has 0 spiro atoms. The number of nitrogens with zero attached hydrogens (tertiary/aromatic N) is 4. The number of likely N-dealkylation sites (tertiary alicyclic amines) is 1. The molecule has 0 saturated carbocycles. The zero-order valence-corrected chi connectivity index (χ0v) is 19.4. The number of H-pyrrole nitrogens is 1. The molecule has 0 aliphatic carbocycles. The van der Waals surface area contributed by atoms with Crippen LogP contribution in [0, 0.1) is 5.82 Å². The molecule has 3 aromatic heterocycles. The van der Waals surface area contributed by atoms with E-state index in [1.165, 1.54) is 33.4 Å². The predicted molar refractivity (Wildman–Crippen MR) is 128 cm³/mol. The van der Waals surface area contributed by atoms with Crippen LogP contribution in [-0.2, 0) is 4.79 Å². The topological polar surface area (TPSA) is 66.3 Å². The summed E-state index contributed by atoms with van der Waals surface area (Å²) in [5.74, 6) is 0.689. The Balaban J connectivity index is 1.48. The Morgan fingerprint density at radius 3 is 2.76 bits per heavy atom. The lowest BCUT2D eigenvalue weighted by atomic mass is 9.87. The summed E-state index contributed by atoms with van der Waals surface area (Å²) in [5.41, 5.74) is 5.52. The monoisotopic (exact) mass is 447 g/mol. The number of aromatic nitrogens is 4. The molecule has 7 heteroatoms. The highest BCUT2D eigenvalue weighted by molar-refractivity contribution is 5.92. The fourth-order valence-electron chi connectivity index (χ4n) is 5.12. The summed E-state index contributed by atoms with van der Waals surface area (Å²) in [6.07, 6.45) is 5.93. The van der Waals surface area contributed by atoms with Crippen LogP contribution >= 0.6 is 0 Å². The minimum absolute atomic E-state index is 0.232. The number of ketones is 1. The number of aromatic amines is 1. The summed E-state index contributed by atoms with van der Waals surface area (Å²) in [6, 6.07) is 8.21. The minimum Gasteiger partial charge on any atom is -0.354 e. The van der Waals surface area contributed by atoms with E-state index in [-0.39, 0.29) is 17.4 Å². The van der Waals surface area contributed by atoms with Gasteiger partial charge in [0.1, 0.15) is 12.1 Å². The van der Waals surface area contributed by atoms with Crippen LogP contribution in [0.15, 0.2) is 36.8 Å². The molecule has 33 heavy (non-hydrogen) atoms. The molecule has 1 aliphatic heterocycles. The average molecular weight is 448 g/mol. The number of halogens is 1. The number of Topliss-reactive ketones (excluding diaryl/α,β-unsaturated/α-hetero) is 1. The lowest BCUT2D eigenvalue weighted by Crippen LogP contribution is -2.36. The lowest BCUT2D eigenvalue weighted by molar-refractivity contribution is -0.120. The quantitative estimate of drug-likeness (QED) is 0.436. The van der Waals surface area contributed by atoms with E-state index in [0.29, 0.717) is 24.7 Å². The maximum absolute atomic E-state index is 14.6. The number of hydrogen-bond donors (Lipinski definition) is 1. The fourth-order valence-corrected chi connectivity index (χ4v) is 5.12. The molecule has 4 heterocycles. The molecule has 0 atom stereocenters. The van der Waals surface area contributed by atoms with E-state index in [0.717, 1.165) is 42.7 Å². The Hall–Kier alpha value is -3.06. The number of benzene rings is 1. The Morgan fingerprint density at radius 1 is 1.24 bits per heavy atom. The molecule has 4 aromatic rings. The van der Waals surface area contributed by atoms with Crippen molar-refractivity contribution in [3.63, 3.8) is 0 Å². The van der Waals surface area contributed by atoms with Crippen LogP contribution in [0.5, 0.6) is 0 Å². The van der Waals surface area contributed by atoms with Gasteiger partial charge in [-0.05, 0) is 67.1 Å². The van der Waals surface area contributed by atoms with Crippen molar-refractivity contribution in [2.45, 2.75) is 51.9 Å². The molecular formula is C26H30FN5O. The van der Waals surface area contributed by atoms with E-state index in [2.05, 4.69) is 52.0 Å². The lowest BCUT2D eigenvalue weighted by Gasteiger charge is -2.31. The van der Waals surface area contributed by atoms with Gasteiger partial charge < -0.3 is 4.98 Å². The smallest absolute Gasteiger partial charge is 0.191 e. The van der Waals surface area contributed by atoms with E-state index in [1.807, 2.05) is 13.1 Å². The molecule has 1 fully saturated rings. The number of pyridine rings is 1. The van der Waals surface area contributed by atoms with E-state index in [9.17, 15) is 9.18 Å². The zero-order chi connectivity index (χ0) is 23.1. The third-order valence-corrected chi connectivity index (χ3v) is 6.91. The number of hydrogen-bond acceptors (Lipinski definition) is 4. The van der Waals surface area contributed by atoms with E-state index in [4.69, 9.17) is 0 Å². The molecule has 172 valence electrons. The summed E-state index contributed by atoms with van der Waals surface area (Å²) < 4.78 is 16.1. The molecule has 0 bridgehead atoms. The third kappa shape index (κ3) is 4.06. The van der Waals surface area contributed by atoms with Gasteiger partial charge in [0.15, 0.2) is 11.5 Å². The Bertz CT molecular complexity index is 1310. The highest BCUT2D eigenvalue weighted by Gasteiger charge is 2.24. The van der Waals surface area contributed by atoms with E-state index in [1.54, 1.807) is 0 Å². The first-order chi connectivity index (χ1) is 15.9. The van der Waals surface area contributed by atoms with Gasteiger partial charge >= 0.3 is 0 Å². The standard InChI is InChI=1S/C26H30FN5O/c1-4-20(33)14-31-9-7-17(8-10-31)18-5-6-23-21(11-18)24(16(2)3)25(30-23)19-12-22(27)26-28-15-29-32(26)13-19/h5-6,11-13,15-17,30H,4,7-10,14H2,1-3H3. The Labute approximate surface area is 192 Å². The van der Waals surface area contributed by atoms with Gasteiger partial charge in [-0.15, -0.1) is 0 Å². The van der Waals surface area contributed by atoms with Gasteiger partial charge in [-0.3, -0.25) is 9.69 Å². The van der Waals surface area contributed by atoms with Crippen molar-refractivity contribution in [2.24, 2.45) is 0 Å². The second kappa shape index (κ2) is 8.71. The zero-order valence-electron chi connectivity index (χ0n) is 19.4. The van der Waals surface area contributed by atoms with Crippen molar-refractivity contribution in [3.8, 4) is 11.3 Å². The maximum Gasteiger partial charge on any atom is 0.191 e. The first kappa shape index (κ1) is 21.8. The molecule has 5 rings (SSSR count). The van der Waals surface area contributed by atoms with Crippen molar-refractivity contribution >= 4 is 22.3 Å². The van der Waals surface area contributed by atoms with E-state index < -0.39 is 0 Å². The van der Waals surface area contributed by atoms with Crippen molar-refractivity contribution in [3.05, 3.63) is 53.7 Å². The Morgan fingerprint density at radius 2 is 2.03 bits per heavy atom. The molecule has 0 radical (unpaired) electrons. The van der Waals surface area contributed by atoms with Gasteiger partial charge in [0.2, 0.25) is 0 Å². The van der Waals surface area contributed by atoms with Crippen LogP contribution in [0.2, 0.25) is 0 Å². The van der Waals surface area contributed by atoms with Crippen LogP contribution < -0.4 is 0 Å². The van der Waals surface area contributed by atoms with Crippen LogP contribution in [0.4, 0.5) is 4.39 Å². The van der Waals surface area contributed by atoms with Crippen LogP contribution in [-0.4, -0.2) is 49.9 Å². The maximum atomic E-state index is 14.6. The van der Waals surface area contributed by atoms with Gasteiger partial charge in [-0.25, -0.2) is 13.9 Å². The van der Waals surface area contributed by atoms with E-state index >= 15 is 0 Å². The second-order valence-corrected chi connectivity index (χ2v) is 9.42.